The molecule has 0 saturated heterocycles. The topological polar surface area (TPSA) is 92.1 Å². The van der Waals surface area contributed by atoms with E-state index in [1.165, 1.54) is 10.9 Å². The highest BCUT2D eigenvalue weighted by atomic mass is 127. The smallest absolute Gasteiger partial charge is 0.131 e. The van der Waals surface area contributed by atoms with Crippen LogP contribution in [0.5, 0.6) is 5.75 Å². The van der Waals surface area contributed by atoms with Crippen LogP contribution in [0, 0.1) is 0 Å². The zero-order chi connectivity index (χ0) is 22.6. The van der Waals surface area contributed by atoms with Gasteiger partial charge in [-0.1, -0.05) is 48.5 Å². The summed E-state index contributed by atoms with van der Waals surface area (Å²) in [4.78, 5) is 16.4. The van der Waals surface area contributed by atoms with Crippen molar-refractivity contribution in [1.82, 2.24) is 15.0 Å². The number of nitrogens with zero attached hydrogens (tertiary/aromatic N) is 2. The maximum absolute atomic E-state index is 6.44. The predicted octanol–water partition coefficient (Wildman–Crippen LogP) is 5.87. The number of imidazole rings is 1. The zero-order valence-corrected chi connectivity index (χ0v) is 21.1. The van der Waals surface area contributed by atoms with Gasteiger partial charge in [-0.3, -0.25) is 4.99 Å². The molecule has 2 aromatic heterocycles. The molecule has 0 amide bonds. The van der Waals surface area contributed by atoms with E-state index in [4.69, 9.17) is 15.5 Å². The Balaban J connectivity index is 0.00000274. The molecule has 0 aliphatic heterocycles. The number of aromatic nitrogens is 3. The number of hydrogen-bond donors (Lipinski definition) is 3. The number of ether oxygens (including phenoxy) is 1. The normalized spacial score (nSPS) is 12.3. The maximum atomic E-state index is 6.44. The molecule has 5 aromatic rings. The van der Waals surface area contributed by atoms with Gasteiger partial charge in [0.15, 0.2) is 0 Å². The molecule has 6 nitrogen and oxygen atoms in total. The summed E-state index contributed by atoms with van der Waals surface area (Å²) in [6, 6.07) is 25.7. The Morgan fingerprint density at radius 2 is 1.74 bits per heavy atom. The molecule has 1 atom stereocenters. The molecule has 0 spiro atoms. The highest BCUT2D eigenvalue weighted by Crippen LogP contribution is 2.28. The molecule has 34 heavy (non-hydrogen) atoms. The Kier molecular flexibility index (Phi) is 7.32. The third-order valence-corrected chi connectivity index (χ3v) is 5.76. The number of aromatic amines is 2. The van der Waals surface area contributed by atoms with Crippen LogP contribution in [0.15, 0.2) is 96.2 Å². The van der Waals surface area contributed by atoms with Gasteiger partial charge in [-0.05, 0) is 41.5 Å². The molecule has 5 rings (SSSR count). The van der Waals surface area contributed by atoms with Gasteiger partial charge in [0.25, 0.3) is 0 Å². The molecule has 0 aliphatic rings. The van der Waals surface area contributed by atoms with Gasteiger partial charge >= 0.3 is 0 Å². The number of nitrogens with one attached hydrogen (secondary N) is 2. The summed E-state index contributed by atoms with van der Waals surface area (Å²) >= 11 is 0. The number of methoxy groups -OCH3 is 1. The van der Waals surface area contributed by atoms with Gasteiger partial charge in [-0.15, -0.1) is 24.0 Å². The molecule has 0 bridgehead atoms. The third-order valence-electron chi connectivity index (χ3n) is 5.76. The summed E-state index contributed by atoms with van der Waals surface area (Å²) in [7, 11) is 1.64. The predicted molar refractivity (Wildman–Crippen MR) is 148 cm³/mol. The van der Waals surface area contributed by atoms with Gasteiger partial charge in [0, 0.05) is 29.1 Å². The quantitative estimate of drug-likeness (QED) is 0.131. The lowest BCUT2D eigenvalue weighted by molar-refractivity contribution is 0.415. The van der Waals surface area contributed by atoms with Crippen molar-refractivity contribution < 1.29 is 4.74 Å². The summed E-state index contributed by atoms with van der Waals surface area (Å²) in [6.07, 6.45) is 4.55. The number of halogens is 1. The number of H-pyrrole nitrogens is 2. The highest BCUT2D eigenvalue weighted by molar-refractivity contribution is 14.0. The molecule has 0 radical (unpaired) electrons. The van der Waals surface area contributed by atoms with Crippen molar-refractivity contribution >= 4 is 40.7 Å². The van der Waals surface area contributed by atoms with E-state index in [9.17, 15) is 0 Å². The summed E-state index contributed by atoms with van der Waals surface area (Å²) in [5.41, 5.74) is 11.6. The summed E-state index contributed by atoms with van der Waals surface area (Å²) in [5.74, 6) is 2.01. The Bertz CT molecular complexity index is 1390. The van der Waals surface area contributed by atoms with Gasteiger partial charge in [0.1, 0.15) is 23.5 Å². The molecule has 2 heterocycles. The first kappa shape index (κ1) is 23.6. The molecule has 0 fully saturated rings. The number of nitrogens with two attached hydrogens (primary N) is 1. The second-order valence-electron chi connectivity index (χ2n) is 7.87. The van der Waals surface area contributed by atoms with Crippen molar-refractivity contribution in [2.24, 2.45) is 10.7 Å². The van der Waals surface area contributed by atoms with Crippen LogP contribution in [0.1, 0.15) is 23.0 Å². The van der Waals surface area contributed by atoms with Crippen LogP contribution in [0.3, 0.4) is 0 Å². The van der Waals surface area contributed by atoms with E-state index in [-0.39, 0.29) is 30.0 Å². The second-order valence-corrected chi connectivity index (χ2v) is 7.87. The van der Waals surface area contributed by atoms with Gasteiger partial charge in [0.05, 0.1) is 19.0 Å². The number of fused-ring (bicyclic) bond motifs is 1. The summed E-state index contributed by atoms with van der Waals surface area (Å²) in [6.45, 7) is 0. The summed E-state index contributed by atoms with van der Waals surface area (Å²) < 4.78 is 5.26. The number of amidine groups is 1. The van der Waals surface area contributed by atoms with E-state index in [1.807, 2.05) is 67.0 Å². The third kappa shape index (κ3) is 4.99. The van der Waals surface area contributed by atoms with Crippen LogP contribution in [0.2, 0.25) is 0 Å². The number of hydrogen-bond acceptors (Lipinski definition) is 3. The number of aliphatic imine (C=N–C) groups is 1. The van der Waals surface area contributed by atoms with Crippen molar-refractivity contribution in [3.05, 3.63) is 108 Å². The summed E-state index contributed by atoms with van der Waals surface area (Å²) in [5, 5.41) is 1.18. The Hall–Kier alpha value is -3.59. The molecule has 172 valence electrons. The fourth-order valence-electron chi connectivity index (χ4n) is 3.99. The van der Waals surface area contributed by atoms with E-state index >= 15 is 0 Å². The van der Waals surface area contributed by atoms with Crippen molar-refractivity contribution in [3.8, 4) is 17.0 Å². The van der Waals surface area contributed by atoms with E-state index < -0.39 is 0 Å². The van der Waals surface area contributed by atoms with E-state index in [0.29, 0.717) is 12.3 Å². The average molecular weight is 563 g/mol. The first-order chi connectivity index (χ1) is 16.2. The van der Waals surface area contributed by atoms with E-state index in [1.54, 1.807) is 7.11 Å². The molecule has 7 heteroatoms. The van der Waals surface area contributed by atoms with Crippen LogP contribution in [-0.2, 0) is 6.42 Å². The molecular weight excluding hydrogens is 537 g/mol. The van der Waals surface area contributed by atoms with Crippen LogP contribution in [0.4, 0.5) is 0 Å². The van der Waals surface area contributed by atoms with Gasteiger partial charge in [-0.2, -0.15) is 0 Å². The van der Waals surface area contributed by atoms with Crippen LogP contribution in [-0.4, -0.2) is 27.9 Å². The fraction of sp³-hybridized carbons (Fsp3) is 0.111. The second kappa shape index (κ2) is 10.6. The zero-order valence-electron chi connectivity index (χ0n) is 18.7. The van der Waals surface area contributed by atoms with Crippen LogP contribution < -0.4 is 10.5 Å². The first-order valence-corrected chi connectivity index (χ1v) is 10.8. The molecule has 4 N–H and O–H groups in total. The standard InChI is InChI=1S/C27H25N5O.HI/c1-33-21-13-11-19(12-14-21)26(28)31-24(15-20-16-29-23-10-6-5-9-22(20)23)27-30-17-25(32-27)18-7-3-2-4-8-18;/h2-14,16-17,24,29H,15H2,1H3,(H2,28,31)(H,30,32);1H/t24-;/m1./s1. The highest BCUT2D eigenvalue weighted by Gasteiger charge is 2.19. The van der Waals surface area contributed by atoms with E-state index in [0.717, 1.165) is 33.9 Å². The Morgan fingerprint density at radius 3 is 2.50 bits per heavy atom. The van der Waals surface area contributed by atoms with Crippen molar-refractivity contribution in [1.29, 1.82) is 0 Å². The SMILES string of the molecule is COc1ccc(C(N)=N[C@H](Cc2c[nH]c3ccccc23)c2ncc(-c3ccccc3)[nH]2)cc1.I. The Morgan fingerprint density at radius 1 is 1.00 bits per heavy atom. The molecule has 0 saturated carbocycles. The lowest BCUT2D eigenvalue weighted by Crippen LogP contribution is -2.16. The minimum atomic E-state index is -0.274. The number of para-hydroxylation sites is 1. The van der Waals surface area contributed by atoms with Gasteiger partial charge in [-0.25, -0.2) is 4.98 Å². The minimum absolute atomic E-state index is 0. The lowest BCUT2D eigenvalue weighted by atomic mass is 10.0. The minimum Gasteiger partial charge on any atom is -0.497 e. The van der Waals surface area contributed by atoms with Crippen LogP contribution >= 0.6 is 24.0 Å². The average Bonchev–Trinajstić information content (AvgIpc) is 3.52. The molecule has 0 unspecified atom stereocenters. The first-order valence-electron chi connectivity index (χ1n) is 10.8. The monoisotopic (exact) mass is 563 g/mol. The number of rotatable bonds is 7. The van der Waals surface area contributed by atoms with Gasteiger partial charge in [0.2, 0.25) is 0 Å². The number of benzene rings is 3. The Labute approximate surface area is 215 Å². The maximum Gasteiger partial charge on any atom is 0.131 e. The fourth-order valence-corrected chi connectivity index (χ4v) is 3.99. The lowest BCUT2D eigenvalue weighted by Gasteiger charge is -2.12. The molecule has 3 aromatic carbocycles. The van der Waals surface area contributed by atoms with E-state index in [2.05, 4.69) is 39.2 Å². The van der Waals surface area contributed by atoms with Crippen LogP contribution in [0.25, 0.3) is 22.2 Å². The molecule has 0 aliphatic carbocycles. The van der Waals surface area contributed by atoms with Crippen molar-refractivity contribution in [2.75, 3.05) is 7.11 Å². The largest absolute Gasteiger partial charge is 0.497 e. The van der Waals surface area contributed by atoms with Crippen molar-refractivity contribution in [2.45, 2.75) is 12.5 Å². The molecular formula is C27H26IN5O. The van der Waals surface area contributed by atoms with Gasteiger partial charge < -0.3 is 20.4 Å². The van der Waals surface area contributed by atoms with Crippen molar-refractivity contribution in [3.63, 3.8) is 0 Å².